The Bertz CT molecular complexity index is 548. The van der Waals surface area contributed by atoms with Gasteiger partial charge in [-0.15, -0.1) is 0 Å². The van der Waals surface area contributed by atoms with Crippen molar-refractivity contribution in [2.45, 2.75) is 13.3 Å². The van der Waals surface area contributed by atoms with Crippen LogP contribution in [-0.2, 0) is 13.5 Å². The SMILES string of the molecule is Cc1nn(C)c(NCCc2cccc(F)c2)c1N. The van der Waals surface area contributed by atoms with Gasteiger partial charge in [-0.2, -0.15) is 5.10 Å². The molecule has 0 atom stereocenters. The number of halogens is 1. The van der Waals surface area contributed by atoms with Gasteiger partial charge in [0, 0.05) is 13.6 Å². The number of hydrogen-bond donors (Lipinski definition) is 2. The summed E-state index contributed by atoms with van der Waals surface area (Å²) < 4.78 is 14.7. The maximum absolute atomic E-state index is 13.0. The first-order valence-corrected chi connectivity index (χ1v) is 5.85. The fourth-order valence-corrected chi connectivity index (χ4v) is 1.90. The largest absolute Gasteiger partial charge is 0.394 e. The zero-order chi connectivity index (χ0) is 13.1. The molecule has 0 aliphatic carbocycles. The molecule has 1 aromatic carbocycles. The van der Waals surface area contributed by atoms with Crippen LogP contribution >= 0.6 is 0 Å². The Morgan fingerprint density at radius 2 is 2.22 bits per heavy atom. The number of nitrogens with zero attached hydrogens (tertiary/aromatic N) is 2. The summed E-state index contributed by atoms with van der Waals surface area (Å²) in [7, 11) is 1.84. The lowest BCUT2D eigenvalue weighted by Crippen LogP contribution is -2.10. The summed E-state index contributed by atoms with van der Waals surface area (Å²) in [5.41, 5.74) is 8.33. The second kappa shape index (κ2) is 5.08. The number of rotatable bonds is 4. The summed E-state index contributed by atoms with van der Waals surface area (Å²) in [4.78, 5) is 0. The van der Waals surface area contributed by atoms with E-state index >= 15 is 0 Å². The highest BCUT2D eigenvalue weighted by Gasteiger charge is 2.08. The molecule has 0 fully saturated rings. The molecule has 0 spiro atoms. The van der Waals surface area contributed by atoms with E-state index in [4.69, 9.17) is 5.73 Å². The summed E-state index contributed by atoms with van der Waals surface area (Å²) >= 11 is 0. The van der Waals surface area contributed by atoms with Crippen LogP contribution in [0.1, 0.15) is 11.3 Å². The van der Waals surface area contributed by atoms with Crippen molar-refractivity contribution in [3.63, 3.8) is 0 Å². The molecule has 0 aliphatic rings. The van der Waals surface area contributed by atoms with Gasteiger partial charge in [-0.1, -0.05) is 12.1 Å². The standard InChI is InChI=1S/C13H17FN4/c1-9-12(15)13(18(2)17-9)16-7-6-10-4-3-5-11(14)8-10/h3-5,8,16H,6-7,15H2,1-2H3. The van der Waals surface area contributed by atoms with Gasteiger partial charge in [0.05, 0.1) is 11.4 Å². The zero-order valence-electron chi connectivity index (χ0n) is 10.6. The molecule has 0 radical (unpaired) electrons. The van der Waals surface area contributed by atoms with E-state index < -0.39 is 0 Å². The maximum atomic E-state index is 13.0. The Morgan fingerprint density at radius 3 is 2.83 bits per heavy atom. The molecule has 0 saturated heterocycles. The van der Waals surface area contributed by atoms with Gasteiger partial charge in [0.2, 0.25) is 0 Å². The third kappa shape index (κ3) is 2.61. The van der Waals surface area contributed by atoms with Crippen LogP contribution < -0.4 is 11.1 Å². The first-order chi connectivity index (χ1) is 8.58. The van der Waals surface area contributed by atoms with E-state index in [2.05, 4.69) is 10.4 Å². The van der Waals surface area contributed by atoms with Gasteiger partial charge in [-0.05, 0) is 31.0 Å². The second-order valence-electron chi connectivity index (χ2n) is 4.28. The lowest BCUT2D eigenvalue weighted by Gasteiger charge is -2.07. The molecule has 0 saturated carbocycles. The molecule has 96 valence electrons. The number of aryl methyl sites for hydroxylation is 2. The van der Waals surface area contributed by atoms with Gasteiger partial charge in [0.1, 0.15) is 11.6 Å². The van der Waals surface area contributed by atoms with E-state index in [0.29, 0.717) is 12.2 Å². The minimum atomic E-state index is -0.205. The molecule has 0 bridgehead atoms. The first kappa shape index (κ1) is 12.4. The van der Waals surface area contributed by atoms with E-state index in [1.54, 1.807) is 16.8 Å². The topological polar surface area (TPSA) is 55.9 Å². The van der Waals surface area contributed by atoms with Crippen molar-refractivity contribution in [2.24, 2.45) is 7.05 Å². The van der Waals surface area contributed by atoms with Gasteiger partial charge in [0.25, 0.3) is 0 Å². The van der Waals surface area contributed by atoms with Crippen LogP contribution in [-0.4, -0.2) is 16.3 Å². The highest BCUT2D eigenvalue weighted by atomic mass is 19.1. The third-order valence-electron chi connectivity index (χ3n) is 2.86. The van der Waals surface area contributed by atoms with Gasteiger partial charge in [0.15, 0.2) is 0 Å². The van der Waals surface area contributed by atoms with Crippen LogP contribution in [0.25, 0.3) is 0 Å². The quantitative estimate of drug-likeness (QED) is 0.871. The fourth-order valence-electron chi connectivity index (χ4n) is 1.90. The van der Waals surface area contributed by atoms with Crippen LogP contribution in [0.4, 0.5) is 15.9 Å². The molecule has 18 heavy (non-hydrogen) atoms. The van der Waals surface area contributed by atoms with Crippen LogP contribution in [0.2, 0.25) is 0 Å². The normalized spacial score (nSPS) is 10.6. The van der Waals surface area contributed by atoms with E-state index in [1.165, 1.54) is 6.07 Å². The molecule has 1 heterocycles. The Labute approximate surface area is 106 Å². The summed E-state index contributed by atoms with van der Waals surface area (Å²) in [6, 6.07) is 6.61. The monoisotopic (exact) mass is 248 g/mol. The van der Waals surface area contributed by atoms with Crippen LogP contribution in [0, 0.1) is 12.7 Å². The molecule has 0 aliphatic heterocycles. The Balaban J connectivity index is 1.96. The number of nitrogens with one attached hydrogen (secondary N) is 1. The summed E-state index contributed by atoms with van der Waals surface area (Å²) in [6.07, 6.45) is 0.738. The van der Waals surface area contributed by atoms with Gasteiger partial charge < -0.3 is 11.1 Å². The minimum Gasteiger partial charge on any atom is -0.394 e. The van der Waals surface area contributed by atoms with Crippen LogP contribution in [0.15, 0.2) is 24.3 Å². The molecule has 2 rings (SSSR count). The summed E-state index contributed by atoms with van der Waals surface area (Å²) in [6.45, 7) is 2.56. The van der Waals surface area contributed by atoms with Crippen molar-refractivity contribution in [1.29, 1.82) is 0 Å². The lowest BCUT2D eigenvalue weighted by atomic mass is 10.1. The van der Waals surface area contributed by atoms with E-state index in [0.717, 1.165) is 23.5 Å². The molecule has 4 nitrogen and oxygen atoms in total. The fraction of sp³-hybridized carbons (Fsp3) is 0.308. The molecule has 5 heteroatoms. The maximum Gasteiger partial charge on any atom is 0.147 e. The predicted octanol–water partition coefficient (Wildman–Crippen LogP) is 2.10. The molecular formula is C13H17FN4. The minimum absolute atomic E-state index is 0.205. The Kier molecular flexibility index (Phi) is 3.50. The second-order valence-corrected chi connectivity index (χ2v) is 4.28. The van der Waals surface area contributed by atoms with Gasteiger partial charge in [-0.25, -0.2) is 4.39 Å². The number of nitrogen functional groups attached to an aromatic ring is 1. The molecule has 3 N–H and O–H groups in total. The van der Waals surface area contributed by atoms with Crippen molar-refractivity contribution in [1.82, 2.24) is 9.78 Å². The number of aromatic nitrogens is 2. The Hall–Kier alpha value is -2.04. The highest BCUT2D eigenvalue weighted by molar-refractivity contribution is 5.64. The van der Waals surface area contributed by atoms with Crippen molar-refractivity contribution < 1.29 is 4.39 Å². The number of nitrogens with two attached hydrogens (primary N) is 1. The molecule has 0 amide bonds. The number of benzene rings is 1. The number of anilines is 2. The van der Waals surface area contributed by atoms with E-state index in [9.17, 15) is 4.39 Å². The summed E-state index contributed by atoms with van der Waals surface area (Å²) in [5, 5.41) is 7.44. The van der Waals surface area contributed by atoms with Crippen molar-refractivity contribution in [2.75, 3.05) is 17.6 Å². The van der Waals surface area contributed by atoms with Crippen LogP contribution in [0.5, 0.6) is 0 Å². The highest BCUT2D eigenvalue weighted by Crippen LogP contribution is 2.20. The average molecular weight is 248 g/mol. The lowest BCUT2D eigenvalue weighted by molar-refractivity contribution is 0.625. The van der Waals surface area contributed by atoms with Crippen molar-refractivity contribution in [3.8, 4) is 0 Å². The van der Waals surface area contributed by atoms with Gasteiger partial charge >= 0.3 is 0 Å². The van der Waals surface area contributed by atoms with E-state index in [-0.39, 0.29) is 5.82 Å². The zero-order valence-corrected chi connectivity index (χ0v) is 10.6. The van der Waals surface area contributed by atoms with Crippen molar-refractivity contribution >= 4 is 11.5 Å². The molecule has 2 aromatic rings. The van der Waals surface area contributed by atoms with Crippen LogP contribution in [0.3, 0.4) is 0 Å². The van der Waals surface area contributed by atoms with Crippen molar-refractivity contribution in [3.05, 3.63) is 41.3 Å². The third-order valence-corrected chi connectivity index (χ3v) is 2.86. The molecule has 1 aromatic heterocycles. The molecule has 0 unspecified atom stereocenters. The predicted molar refractivity (Wildman–Crippen MR) is 71.0 cm³/mol. The van der Waals surface area contributed by atoms with Gasteiger partial charge in [-0.3, -0.25) is 4.68 Å². The summed E-state index contributed by atoms with van der Waals surface area (Å²) in [5.74, 6) is 0.604. The average Bonchev–Trinajstić information content (AvgIpc) is 2.56. The smallest absolute Gasteiger partial charge is 0.147 e. The molecular weight excluding hydrogens is 231 g/mol. The Morgan fingerprint density at radius 1 is 1.44 bits per heavy atom. The first-order valence-electron chi connectivity index (χ1n) is 5.85. The number of hydrogen-bond acceptors (Lipinski definition) is 3. The van der Waals surface area contributed by atoms with E-state index in [1.807, 2.05) is 20.0 Å².